The average Bonchev–Trinajstić information content (AvgIpc) is 2.61. The molecule has 0 aliphatic heterocycles. The number of benzene rings is 2. The number of nitrogens with zero attached hydrogens (tertiary/aromatic N) is 2. The van der Waals surface area contributed by atoms with E-state index < -0.39 is 17.0 Å². The summed E-state index contributed by atoms with van der Waals surface area (Å²) in [6.07, 6.45) is -0.779. The zero-order valence-corrected chi connectivity index (χ0v) is 12.8. The monoisotopic (exact) mass is 326 g/mol. The third-order valence-corrected chi connectivity index (χ3v) is 3.31. The van der Waals surface area contributed by atoms with Gasteiger partial charge in [0.1, 0.15) is 11.9 Å². The van der Waals surface area contributed by atoms with Crippen LogP contribution in [-0.4, -0.2) is 18.0 Å². The second-order valence-corrected chi connectivity index (χ2v) is 4.84. The van der Waals surface area contributed by atoms with Gasteiger partial charge in [-0.1, -0.05) is 12.1 Å². The fourth-order valence-electron chi connectivity index (χ4n) is 2.07. The summed E-state index contributed by atoms with van der Waals surface area (Å²) in [4.78, 5) is 22.3. The first-order valence-electron chi connectivity index (χ1n) is 7.01. The number of methoxy groups -OCH3 is 1. The molecule has 0 spiro atoms. The van der Waals surface area contributed by atoms with Crippen LogP contribution in [0.4, 0.5) is 5.69 Å². The lowest BCUT2D eigenvalue weighted by Crippen LogP contribution is -2.11. The van der Waals surface area contributed by atoms with Gasteiger partial charge < -0.3 is 9.47 Å². The van der Waals surface area contributed by atoms with Gasteiger partial charge in [0, 0.05) is 12.1 Å². The maximum absolute atomic E-state index is 12.2. The van der Waals surface area contributed by atoms with E-state index in [2.05, 4.69) is 0 Å². The second-order valence-electron chi connectivity index (χ2n) is 4.84. The molecule has 2 rings (SSSR count). The summed E-state index contributed by atoms with van der Waals surface area (Å²) in [5.74, 6) is -0.0743. The molecule has 0 saturated carbocycles. The molecule has 7 heteroatoms. The van der Waals surface area contributed by atoms with Crippen LogP contribution < -0.4 is 4.74 Å². The summed E-state index contributed by atoms with van der Waals surface area (Å²) in [5, 5.41) is 19.6. The van der Waals surface area contributed by atoms with Crippen LogP contribution in [0.3, 0.4) is 0 Å². The number of nitro benzene ring substituents is 1. The minimum absolute atomic E-state index is 0.0219. The predicted octanol–water partition coefficient (Wildman–Crippen LogP) is 3.42. The maximum atomic E-state index is 12.2. The molecule has 2 aromatic carbocycles. The summed E-state index contributed by atoms with van der Waals surface area (Å²) < 4.78 is 10.5. The highest BCUT2D eigenvalue weighted by Gasteiger charge is 2.19. The molecule has 7 nitrogen and oxygen atoms in total. The van der Waals surface area contributed by atoms with Gasteiger partial charge in [0.2, 0.25) is 0 Å². The predicted molar refractivity (Wildman–Crippen MR) is 84.5 cm³/mol. The van der Waals surface area contributed by atoms with E-state index in [4.69, 9.17) is 14.7 Å². The summed E-state index contributed by atoms with van der Waals surface area (Å²) in [7, 11) is 1.52. The number of hydrogen-bond donors (Lipinski definition) is 0. The van der Waals surface area contributed by atoms with Crippen molar-refractivity contribution in [2.45, 2.75) is 12.5 Å². The Morgan fingerprint density at radius 3 is 2.58 bits per heavy atom. The smallest absolute Gasteiger partial charge is 0.338 e. The fraction of sp³-hybridized carbons (Fsp3) is 0.176. The van der Waals surface area contributed by atoms with Crippen molar-refractivity contribution in [2.24, 2.45) is 0 Å². The van der Waals surface area contributed by atoms with Gasteiger partial charge in [-0.15, -0.1) is 0 Å². The van der Waals surface area contributed by atoms with Crippen molar-refractivity contribution in [3.63, 3.8) is 0 Å². The number of carbonyl (C=O) groups is 1. The molecule has 24 heavy (non-hydrogen) atoms. The van der Waals surface area contributed by atoms with E-state index in [1.807, 2.05) is 6.07 Å². The molecule has 122 valence electrons. The van der Waals surface area contributed by atoms with Gasteiger partial charge >= 0.3 is 5.97 Å². The summed E-state index contributed by atoms with van der Waals surface area (Å²) in [5.41, 5.74) is 0.686. The van der Waals surface area contributed by atoms with E-state index in [0.29, 0.717) is 11.3 Å². The van der Waals surface area contributed by atoms with Crippen molar-refractivity contribution in [3.8, 4) is 11.8 Å². The third kappa shape index (κ3) is 4.08. The zero-order valence-electron chi connectivity index (χ0n) is 12.8. The van der Waals surface area contributed by atoms with Crippen molar-refractivity contribution < 1.29 is 19.2 Å². The van der Waals surface area contributed by atoms with Crippen LogP contribution in [0.15, 0.2) is 48.5 Å². The van der Waals surface area contributed by atoms with Crippen LogP contribution in [-0.2, 0) is 4.74 Å². The number of nitro groups is 1. The lowest BCUT2D eigenvalue weighted by molar-refractivity contribution is -0.384. The maximum Gasteiger partial charge on any atom is 0.338 e. The highest BCUT2D eigenvalue weighted by atomic mass is 16.6. The number of carbonyl (C=O) groups excluding carboxylic acids is 1. The molecule has 1 unspecified atom stereocenters. The Balaban J connectivity index is 2.19. The second kappa shape index (κ2) is 7.74. The summed E-state index contributed by atoms with van der Waals surface area (Å²) in [6, 6.07) is 13.9. The van der Waals surface area contributed by atoms with Crippen LogP contribution in [0.5, 0.6) is 5.75 Å². The molecule has 1 atom stereocenters. The average molecular weight is 326 g/mol. The Kier molecular flexibility index (Phi) is 5.47. The van der Waals surface area contributed by atoms with Crippen molar-refractivity contribution in [2.75, 3.05) is 7.11 Å². The SMILES string of the molecule is COc1cccc(C(CC#N)OC(=O)c2ccc([N+](=O)[O-])cc2)c1. The van der Waals surface area contributed by atoms with Gasteiger partial charge in [-0.2, -0.15) is 5.26 Å². The van der Waals surface area contributed by atoms with E-state index in [9.17, 15) is 14.9 Å². The highest BCUT2D eigenvalue weighted by molar-refractivity contribution is 5.89. The Bertz CT molecular complexity index is 780. The highest BCUT2D eigenvalue weighted by Crippen LogP contribution is 2.26. The van der Waals surface area contributed by atoms with Crippen LogP contribution in [0.1, 0.15) is 28.4 Å². The molecule has 0 aromatic heterocycles. The molecule has 0 radical (unpaired) electrons. The quantitative estimate of drug-likeness (QED) is 0.458. The van der Waals surface area contributed by atoms with E-state index in [0.717, 1.165) is 0 Å². The van der Waals surface area contributed by atoms with Crippen LogP contribution in [0, 0.1) is 21.4 Å². The zero-order chi connectivity index (χ0) is 17.5. The molecule has 0 saturated heterocycles. The van der Waals surface area contributed by atoms with Crippen molar-refractivity contribution >= 4 is 11.7 Å². The van der Waals surface area contributed by atoms with Gasteiger partial charge in [0.25, 0.3) is 5.69 Å². The van der Waals surface area contributed by atoms with E-state index >= 15 is 0 Å². The molecule has 2 aromatic rings. The topological polar surface area (TPSA) is 102 Å². The molecular weight excluding hydrogens is 312 g/mol. The molecular formula is C17H14N2O5. The number of esters is 1. The van der Waals surface area contributed by atoms with Gasteiger partial charge in [-0.3, -0.25) is 10.1 Å². The largest absolute Gasteiger partial charge is 0.497 e. The minimum atomic E-state index is -0.757. The van der Waals surface area contributed by atoms with Gasteiger partial charge in [0.15, 0.2) is 0 Å². The lowest BCUT2D eigenvalue weighted by atomic mass is 10.1. The molecule has 0 bridgehead atoms. The first-order valence-corrected chi connectivity index (χ1v) is 7.01. The van der Waals surface area contributed by atoms with Crippen molar-refractivity contribution in [1.29, 1.82) is 5.26 Å². The molecule has 0 heterocycles. The minimum Gasteiger partial charge on any atom is -0.497 e. The van der Waals surface area contributed by atoms with Crippen molar-refractivity contribution in [3.05, 3.63) is 69.8 Å². The van der Waals surface area contributed by atoms with Crippen molar-refractivity contribution in [1.82, 2.24) is 0 Å². The first-order chi connectivity index (χ1) is 11.5. The first kappa shape index (κ1) is 17.0. The molecule has 0 fully saturated rings. The Morgan fingerprint density at radius 2 is 2.00 bits per heavy atom. The van der Waals surface area contributed by atoms with Crippen LogP contribution in [0.25, 0.3) is 0 Å². The van der Waals surface area contributed by atoms with Gasteiger partial charge in [-0.25, -0.2) is 4.79 Å². The number of non-ortho nitro benzene ring substituents is 1. The Hall–Kier alpha value is -3.40. The fourth-order valence-corrected chi connectivity index (χ4v) is 2.07. The van der Waals surface area contributed by atoms with Crippen LogP contribution in [0.2, 0.25) is 0 Å². The number of hydrogen-bond acceptors (Lipinski definition) is 6. The molecule has 0 amide bonds. The Labute approximate surface area is 138 Å². The van der Waals surface area contributed by atoms with Crippen LogP contribution >= 0.6 is 0 Å². The molecule has 0 N–H and O–H groups in total. The van der Waals surface area contributed by atoms with Gasteiger partial charge in [0.05, 0.1) is 30.1 Å². The molecule has 0 aliphatic carbocycles. The Morgan fingerprint density at radius 1 is 1.29 bits per heavy atom. The summed E-state index contributed by atoms with van der Waals surface area (Å²) in [6.45, 7) is 0. The van der Waals surface area contributed by atoms with Gasteiger partial charge in [-0.05, 0) is 29.8 Å². The molecule has 0 aliphatic rings. The normalized spacial score (nSPS) is 11.2. The number of rotatable bonds is 6. The summed E-state index contributed by atoms with van der Waals surface area (Å²) >= 11 is 0. The standard InChI is InChI=1S/C17H14N2O5/c1-23-15-4-2-3-13(11-15)16(9-10-18)24-17(20)12-5-7-14(8-6-12)19(21)22/h2-8,11,16H,9H2,1H3. The number of nitriles is 1. The van der Waals surface area contributed by atoms with E-state index in [1.54, 1.807) is 24.3 Å². The number of ether oxygens (including phenoxy) is 2. The van der Waals surface area contributed by atoms with E-state index in [1.165, 1.54) is 31.4 Å². The van der Waals surface area contributed by atoms with E-state index in [-0.39, 0.29) is 17.7 Å². The lowest BCUT2D eigenvalue weighted by Gasteiger charge is -2.16. The third-order valence-electron chi connectivity index (χ3n) is 3.31.